The van der Waals surface area contributed by atoms with Crippen molar-refractivity contribution in [3.05, 3.63) is 71.9 Å². The Morgan fingerprint density at radius 1 is 1.04 bits per heavy atom. The zero-order valence-corrected chi connectivity index (χ0v) is 14.2. The first-order chi connectivity index (χ1) is 12.4. The minimum Gasteiger partial charge on any atom is -0.348 e. The third-order valence-corrected chi connectivity index (χ3v) is 4.31. The lowest BCUT2D eigenvalue weighted by atomic mass is 10.1. The number of rotatable bonds is 5. The summed E-state index contributed by atoms with van der Waals surface area (Å²) < 4.78 is 36.9. The predicted octanol–water partition coefficient (Wildman–Crippen LogP) is 4.62. The van der Waals surface area contributed by atoms with Gasteiger partial charge < -0.3 is 5.32 Å². The maximum atomic E-state index is 12.3. The Hall–Kier alpha value is -2.74. The molecule has 0 aliphatic carbocycles. The first kappa shape index (κ1) is 18.1. The number of H-pyrrole nitrogens is 1. The van der Waals surface area contributed by atoms with Crippen LogP contribution in [0, 0.1) is 0 Å². The Labute approximate surface area is 151 Å². The van der Waals surface area contributed by atoms with Gasteiger partial charge in [0, 0.05) is 23.2 Å². The van der Waals surface area contributed by atoms with Crippen molar-refractivity contribution in [2.45, 2.75) is 16.9 Å². The van der Waals surface area contributed by atoms with Crippen molar-refractivity contribution < 1.29 is 18.0 Å². The summed E-state index contributed by atoms with van der Waals surface area (Å²) in [7, 11) is 0. The number of amides is 1. The third-order valence-electron chi connectivity index (χ3n) is 3.57. The molecule has 2 aromatic carbocycles. The molecule has 4 nitrogen and oxygen atoms in total. The van der Waals surface area contributed by atoms with Crippen LogP contribution in [0.4, 0.5) is 13.2 Å². The van der Waals surface area contributed by atoms with Gasteiger partial charge in [0.05, 0.1) is 5.69 Å². The van der Waals surface area contributed by atoms with Crippen LogP contribution < -0.4 is 5.32 Å². The molecule has 26 heavy (non-hydrogen) atoms. The Morgan fingerprint density at radius 3 is 2.31 bits per heavy atom. The van der Waals surface area contributed by atoms with E-state index in [1.54, 1.807) is 6.20 Å². The van der Waals surface area contributed by atoms with Crippen LogP contribution in [-0.4, -0.2) is 21.6 Å². The molecule has 0 atom stereocenters. The summed E-state index contributed by atoms with van der Waals surface area (Å²) in [6.45, 7) is 0.321. The van der Waals surface area contributed by atoms with E-state index in [2.05, 4.69) is 15.5 Å². The van der Waals surface area contributed by atoms with Gasteiger partial charge in [-0.05, 0) is 53.2 Å². The quantitative estimate of drug-likeness (QED) is 0.638. The molecule has 0 radical (unpaired) electrons. The van der Waals surface area contributed by atoms with Gasteiger partial charge in [0.2, 0.25) is 0 Å². The topological polar surface area (TPSA) is 57.8 Å². The lowest BCUT2D eigenvalue weighted by Crippen LogP contribution is -2.22. The van der Waals surface area contributed by atoms with Crippen molar-refractivity contribution in [2.75, 3.05) is 0 Å². The van der Waals surface area contributed by atoms with E-state index in [0.29, 0.717) is 12.1 Å². The highest BCUT2D eigenvalue weighted by molar-refractivity contribution is 8.00. The van der Waals surface area contributed by atoms with Gasteiger partial charge in [-0.15, -0.1) is 0 Å². The van der Waals surface area contributed by atoms with Crippen molar-refractivity contribution in [1.29, 1.82) is 0 Å². The standard InChI is InChI=1S/C18H14F3N3OS/c19-18(20,21)26-15-7-5-14(6-8-15)17(25)22-11-12-1-3-13(4-2-12)16-9-10-23-24-16/h1-10H,11H2,(H,22,25)(H,23,24). The largest absolute Gasteiger partial charge is 0.446 e. The summed E-state index contributed by atoms with van der Waals surface area (Å²) >= 11 is -0.207. The molecule has 3 aromatic rings. The first-order valence-electron chi connectivity index (χ1n) is 7.63. The molecule has 8 heteroatoms. The number of carbonyl (C=O) groups is 1. The molecular weight excluding hydrogens is 363 g/mol. The van der Waals surface area contributed by atoms with Gasteiger partial charge in [-0.1, -0.05) is 24.3 Å². The van der Waals surface area contributed by atoms with E-state index in [-0.39, 0.29) is 22.6 Å². The van der Waals surface area contributed by atoms with Crippen LogP contribution >= 0.6 is 11.8 Å². The molecule has 0 unspecified atom stereocenters. The maximum Gasteiger partial charge on any atom is 0.446 e. The van der Waals surface area contributed by atoms with Gasteiger partial charge in [-0.25, -0.2) is 0 Å². The highest BCUT2D eigenvalue weighted by atomic mass is 32.2. The molecule has 0 saturated heterocycles. The molecule has 0 bridgehead atoms. The molecule has 3 rings (SSSR count). The Bertz CT molecular complexity index is 860. The van der Waals surface area contributed by atoms with Crippen molar-refractivity contribution in [1.82, 2.24) is 15.5 Å². The van der Waals surface area contributed by atoms with E-state index >= 15 is 0 Å². The van der Waals surface area contributed by atoms with Gasteiger partial charge in [-0.3, -0.25) is 9.89 Å². The molecule has 1 aromatic heterocycles. The summed E-state index contributed by atoms with van der Waals surface area (Å²) in [4.78, 5) is 12.2. The van der Waals surface area contributed by atoms with Crippen LogP contribution in [0.5, 0.6) is 0 Å². The van der Waals surface area contributed by atoms with Gasteiger partial charge in [-0.2, -0.15) is 18.3 Å². The molecule has 0 aliphatic rings. The lowest BCUT2D eigenvalue weighted by Gasteiger charge is -2.08. The minimum atomic E-state index is -4.34. The Morgan fingerprint density at radius 2 is 1.73 bits per heavy atom. The van der Waals surface area contributed by atoms with Gasteiger partial charge in [0.1, 0.15) is 0 Å². The molecule has 134 valence electrons. The average Bonchev–Trinajstić information content (AvgIpc) is 3.14. The van der Waals surface area contributed by atoms with Crippen LogP contribution in [-0.2, 0) is 6.54 Å². The number of aromatic amines is 1. The highest BCUT2D eigenvalue weighted by Gasteiger charge is 2.29. The monoisotopic (exact) mass is 377 g/mol. The number of hydrogen-bond donors (Lipinski definition) is 2. The van der Waals surface area contributed by atoms with Crippen LogP contribution in [0.1, 0.15) is 15.9 Å². The molecule has 0 spiro atoms. The number of aromatic nitrogens is 2. The summed E-state index contributed by atoms with van der Waals surface area (Å²) in [6.07, 6.45) is 1.67. The van der Waals surface area contributed by atoms with Crippen LogP contribution in [0.2, 0.25) is 0 Å². The molecule has 0 saturated carbocycles. The number of carbonyl (C=O) groups excluding carboxylic acids is 1. The van der Waals surface area contributed by atoms with Crippen molar-refractivity contribution in [2.24, 2.45) is 0 Å². The smallest absolute Gasteiger partial charge is 0.348 e. The summed E-state index contributed by atoms with van der Waals surface area (Å²) in [6, 6.07) is 14.8. The zero-order valence-electron chi connectivity index (χ0n) is 13.4. The van der Waals surface area contributed by atoms with Gasteiger partial charge in [0.25, 0.3) is 5.91 Å². The third kappa shape index (κ3) is 4.89. The number of alkyl halides is 3. The second-order valence-electron chi connectivity index (χ2n) is 5.42. The fourth-order valence-electron chi connectivity index (χ4n) is 2.31. The molecule has 1 heterocycles. The second-order valence-corrected chi connectivity index (χ2v) is 6.56. The highest BCUT2D eigenvalue weighted by Crippen LogP contribution is 2.36. The van der Waals surface area contributed by atoms with Crippen LogP contribution in [0.25, 0.3) is 11.3 Å². The first-order valence-corrected chi connectivity index (χ1v) is 8.45. The van der Waals surface area contributed by atoms with Crippen LogP contribution in [0.15, 0.2) is 65.7 Å². The fourth-order valence-corrected chi connectivity index (χ4v) is 2.85. The van der Waals surface area contributed by atoms with E-state index in [4.69, 9.17) is 0 Å². The zero-order chi connectivity index (χ0) is 18.6. The van der Waals surface area contributed by atoms with E-state index in [9.17, 15) is 18.0 Å². The van der Waals surface area contributed by atoms with Gasteiger partial charge >= 0.3 is 5.51 Å². The number of hydrogen-bond acceptors (Lipinski definition) is 3. The van der Waals surface area contributed by atoms with E-state index in [1.807, 2.05) is 30.3 Å². The molecule has 2 N–H and O–H groups in total. The van der Waals surface area contributed by atoms with Crippen molar-refractivity contribution >= 4 is 17.7 Å². The van der Waals surface area contributed by atoms with E-state index < -0.39 is 5.51 Å². The Balaban J connectivity index is 1.56. The average molecular weight is 377 g/mol. The summed E-state index contributed by atoms with van der Waals surface area (Å²) in [5.74, 6) is -0.341. The molecular formula is C18H14F3N3OS. The summed E-state index contributed by atoms with van der Waals surface area (Å²) in [5.41, 5.74) is -1.24. The van der Waals surface area contributed by atoms with Gasteiger partial charge in [0.15, 0.2) is 0 Å². The van der Waals surface area contributed by atoms with Crippen molar-refractivity contribution in [3.63, 3.8) is 0 Å². The van der Waals surface area contributed by atoms with E-state index in [0.717, 1.165) is 16.8 Å². The number of thioether (sulfide) groups is 1. The Kier molecular flexibility index (Phi) is 5.32. The number of nitrogens with zero attached hydrogens (tertiary/aromatic N) is 1. The molecule has 0 fully saturated rings. The van der Waals surface area contributed by atoms with Crippen molar-refractivity contribution in [3.8, 4) is 11.3 Å². The number of halogens is 3. The normalized spacial score (nSPS) is 11.3. The van der Waals surface area contributed by atoms with Crippen LogP contribution in [0.3, 0.4) is 0 Å². The molecule has 0 aliphatic heterocycles. The minimum absolute atomic E-state index is 0.0449. The fraction of sp³-hybridized carbons (Fsp3) is 0.111. The lowest BCUT2D eigenvalue weighted by molar-refractivity contribution is -0.0328. The summed E-state index contributed by atoms with van der Waals surface area (Å²) in [5, 5.41) is 9.51. The second kappa shape index (κ2) is 7.65. The number of nitrogens with one attached hydrogen (secondary N) is 2. The number of benzene rings is 2. The van der Waals surface area contributed by atoms with E-state index in [1.165, 1.54) is 24.3 Å². The maximum absolute atomic E-state index is 12.3. The SMILES string of the molecule is O=C(NCc1ccc(-c2ccn[nH]2)cc1)c1ccc(SC(F)(F)F)cc1. The predicted molar refractivity (Wildman–Crippen MR) is 93.5 cm³/mol. The molecule has 1 amide bonds.